The standard InChI is InChI=1S/C35H47ClN2O9/c1-23(44-33(42)45-29(25-10-8-7-9-11-25)22-38-32(41)47-34(2,3)4)43-31(40)35(5,6)46-28-18-12-24(13-19-28)20-21-37-30(39)26-14-16-27(36)17-15-26/h12-19,23,25,29H,7-11,20-22H2,1-6H3,(H,37,39)(H,38,41). The van der Waals surface area contributed by atoms with Gasteiger partial charge in [-0.3, -0.25) is 4.79 Å². The lowest BCUT2D eigenvalue weighted by atomic mass is 9.85. The topological polar surface area (TPSA) is 138 Å². The number of hydrogen-bond acceptors (Lipinski definition) is 9. The molecule has 258 valence electrons. The van der Waals surface area contributed by atoms with Crippen molar-refractivity contribution in [2.45, 2.75) is 104 Å². The summed E-state index contributed by atoms with van der Waals surface area (Å²) in [6.07, 6.45) is 1.91. The molecule has 0 spiro atoms. The van der Waals surface area contributed by atoms with Crippen molar-refractivity contribution in [3.8, 4) is 5.75 Å². The van der Waals surface area contributed by atoms with Crippen molar-refractivity contribution in [3.05, 3.63) is 64.7 Å². The third kappa shape index (κ3) is 13.3. The predicted molar refractivity (Wildman–Crippen MR) is 176 cm³/mol. The van der Waals surface area contributed by atoms with Crippen molar-refractivity contribution in [2.24, 2.45) is 5.92 Å². The average molecular weight is 675 g/mol. The van der Waals surface area contributed by atoms with Crippen molar-refractivity contribution < 1.29 is 42.9 Å². The van der Waals surface area contributed by atoms with E-state index < -0.39 is 41.8 Å². The molecule has 47 heavy (non-hydrogen) atoms. The Labute approximate surface area is 281 Å². The first kappa shape index (κ1) is 37.5. The van der Waals surface area contributed by atoms with Gasteiger partial charge in [0.15, 0.2) is 5.60 Å². The molecule has 11 nitrogen and oxygen atoms in total. The summed E-state index contributed by atoms with van der Waals surface area (Å²) in [4.78, 5) is 50.1. The van der Waals surface area contributed by atoms with Gasteiger partial charge in [-0.05, 0) is 102 Å². The molecule has 0 aliphatic heterocycles. The minimum Gasteiger partial charge on any atom is -0.476 e. The normalized spacial score (nSPS) is 15.0. The van der Waals surface area contributed by atoms with E-state index >= 15 is 0 Å². The number of alkyl carbamates (subject to hydrolysis) is 1. The van der Waals surface area contributed by atoms with Crippen LogP contribution in [-0.2, 0) is 30.2 Å². The minimum atomic E-state index is -1.41. The van der Waals surface area contributed by atoms with Gasteiger partial charge in [0, 0.05) is 24.1 Å². The zero-order chi connectivity index (χ0) is 34.6. The Hall–Kier alpha value is -3.99. The largest absolute Gasteiger partial charge is 0.511 e. The van der Waals surface area contributed by atoms with Crippen molar-refractivity contribution >= 4 is 35.7 Å². The fraction of sp³-hybridized carbons (Fsp3) is 0.543. The van der Waals surface area contributed by atoms with Gasteiger partial charge in [-0.1, -0.05) is 43.0 Å². The maximum absolute atomic E-state index is 12.9. The molecular weight excluding hydrogens is 628 g/mol. The third-order valence-electron chi connectivity index (χ3n) is 7.40. The van der Waals surface area contributed by atoms with E-state index in [9.17, 15) is 19.2 Å². The molecule has 12 heteroatoms. The quantitative estimate of drug-likeness (QED) is 0.131. The van der Waals surface area contributed by atoms with Crippen molar-refractivity contribution in [1.82, 2.24) is 10.6 Å². The Bertz CT molecular complexity index is 1330. The molecule has 0 aromatic heterocycles. The Morgan fingerprint density at radius 3 is 2.11 bits per heavy atom. The number of rotatable bonds is 13. The van der Waals surface area contributed by atoms with Crippen LogP contribution in [0, 0.1) is 5.92 Å². The van der Waals surface area contributed by atoms with E-state index in [0.29, 0.717) is 29.3 Å². The second-order valence-corrected chi connectivity index (χ2v) is 13.5. The molecule has 2 amide bonds. The van der Waals surface area contributed by atoms with E-state index in [0.717, 1.165) is 37.7 Å². The van der Waals surface area contributed by atoms with Crippen LogP contribution < -0.4 is 15.4 Å². The zero-order valence-electron chi connectivity index (χ0n) is 28.1. The first-order chi connectivity index (χ1) is 22.1. The monoisotopic (exact) mass is 674 g/mol. The average Bonchev–Trinajstić information content (AvgIpc) is 2.99. The number of benzene rings is 2. The van der Waals surface area contributed by atoms with Crippen LogP contribution in [0.4, 0.5) is 9.59 Å². The van der Waals surface area contributed by atoms with E-state index in [2.05, 4.69) is 10.6 Å². The Kier molecular flexibility index (Phi) is 13.7. The van der Waals surface area contributed by atoms with Gasteiger partial charge < -0.3 is 34.3 Å². The summed E-state index contributed by atoms with van der Waals surface area (Å²) in [6.45, 7) is 10.3. The molecule has 3 rings (SSSR count). The molecule has 1 aliphatic carbocycles. The molecule has 2 aromatic rings. The summed E-state index contributed by atoms with van der Waals surface area (Å²) >= 11 is 5.87. The molecule has 0 saturated heterocycles. The minimum absolute atomic E-state index is 0.0518. The smallest absolute Gasteiger partial charge is 0.476 e. The zero-order valence-corrected chi connectivity index (χ0v) is 28.8. The van der Waals surface area contributed by atoms with Crippen LogP contribution in [0.25, 0.3) is 0 Å². The van der Waals surface area contributed by atoms with Crippen LogP contribution in [0.5, 0.6) is 5.75 Å². The summed E-state index contributed by atoms with van der Waals surface area (Å²) in [5, 5.41) is 6.11. The van der Waals surface area contributed by atoms with Gasteiger partial charge in [0.25, 0.3) is 5.91 Å². The van der Waals surface area contributed by atoms with Crippen molar-refractivity contribution in [3.63, 3.8) is 0 Å². The van der Waals surface area contributed by atoms with Crippen LogP contribution in [0.2, 0.25) is 5.02 Å². The van der Waals surface area contributed by atoms with Gasteiger partial charge in [0.2, 0.25) is 6.29 Å². The van der Waals surface area contributed by atoms with Crippen LogP contribution in [0.3, 0.4) is 0 Å². The molecule has 1 saturated carbocycles. The van der Waals surface area contributed by atoms with E-state index in [1.807, 2.05) is 12.1 Å². The van der Waals surface area contributed by atoms with Gasteiger partial charge in [0.1, 0.15) is 17.5 Å². The number of esters is 1. The lowest BCUT2D eigenvalue weighted by Crippen LogP contribution is -2.43. The third-order valence-corrected chi connectivity index (χ3v) is 7.65. The number of carbonyl (C=O) groups excluding carboxylic acids is 4. The SMILES string of the molecule is CC(OC(=O)OC(CNC(=O)OC(C)(C)C)C1CCCCC1)OC(=O)C(C)(C)Oc1ccc(CCNC(=O)c2ccc(Cl)cc2)cc1. The lowest BCUT2D eigenvalue weighted by Gasteiger charge is -2.30. The molecule has 1 fully saturated rings. The molecule has 2 atom stereocenters. The van der Waals surface area contributed by atoms with Crippen LogP contribution in [0.1, 0.15) is 89.6 Å². The second kappa shape index (κ2) is 17.2. The molecule has 2 aromatic carbocycles. The molecule has 0 heterocycles. The summed E-state index contributed by atoms with van der Waals surface area (Å²) < 4.78 is 27.4. The van der Waals surface area contributed by atoms with E-state index in [1.54, 1.807) is 71.0 Å². The Morgan fingerprint density at radius 1 is 0.851 bits per heavy atom. The van der Waals surface area contributed by atoms with Gasteiger partial charge >= 0.3 is 18.2 Å². The summed E-state index contributed by atoms with van der Waals surface area (Å²) in [6, 6.07) is 13.8. The van der Waals surface area contributed by atoms with Crippen LogP contribution in [-0.4, -0.2) is 60.8 Å². The van der Waals surface area contributed by atoms with Crippen LogP contribution in [0.15, 0.2) is 48.5 Å². The number of nitrogens with one attached hydrogen (secondary N) is 2. The van der Waals surface area contributed by atoms with Gasteiger partial charge in [-0.25, -0.2) is 14.4 Å². The number of halogens is 1. The highest BCUT2D eigenvalue weighted by molar-refractivity contribution is 6.30. The van der Waals surface area contributed by atoms with Gasteiger partial charge in [0.05, 0.1) is 6.54 Å². The molecule has 2 N–H and O–H groups in total. The maximum atomic E-state index is 12.9. The molecule has 0 radical (unpaired) electrons. The number of amides is 2. The number of carbonyl (C=O) groups is 4. The first-order valence-corrected chi connectivity index (χ1v) is 16.4. The molecule has 2 unspecified atom stereocenters. The van der Waals surface area contributed by atoms with Crippen LogP contribution >= 0.6 is 11.6 Å². The summed E-state index contributed by atoms with van der Waals surface area (Å²) in [5.41, 5.74) is -0.579. The fourth-order valence-corrected chi connectivity index (χ4v) is 5.12. The van der Waals surface area contributed by atoms with E-state index in [4.69, 9.17) is 35.3 Å². The Morgan fingerprint density at radius 2 is 1.49 bits per heavy atom. The van der Waals surface area contributed by atoms with Gasteiger partial charge in [-0.2, -0.15) is 0 Å². The maximum Gasteiger partial charge on any atom is 0.511 e. The van der Waals surface area contributed by atoms with E-state index in [1.165, 1.54) is 6.92 Å². The second-order valence-electron chi connectivity index (χ2n) is 13.0. The fourth-order valence-electron chi connectivity index (χ4n) is 5.00. The highest BCUT2D eigenvalue weighted by Crippen LogP contribution is 2.28. The summed E-state index contributed by atoms with van der Waals surface area (Å²) in [5.74, 6) is -0.451. The highest BCUT2D eigenvalue weighted by Gasteiger charge is 2.35. The van der Waals surface area contributed by atoms with Crippen molar-refractivity contribution in [2.75, 3.05) is 13.1 Å². The highest BCUT2D eigenvalue weighted by atomic mass is 35.5. The molecule has 1 aliphatic rings. The number of ether oxygens (including phenoxy) is 5. The molecule has 0 bridgehead atoms. The predicted octanol–water partition coefficient (Wildman–Crippen LogP) is 6.99. The molecular formula is C35H47ClN2O9. The lowest BCUT2D eigenvalue weighted by molar-refractivity contribution is -0.184. The first-order valence-electron chi connectivity index (χ1n) is 16.0. The van der Waals surface area contributed by atoms with Gasteiger partial charge in [-0.15, -0.1) is 0 Å². The Balaban J connectivity index is 1.45. The summed E-state index contributed by atoms with van der Waals surface area (Å²) in [7, 11) is 0. The number of hydrogen-bond donors (Lipinski definition) is 2. The van der Waals surface area contributed by atoms with E-state index in [-0.39, 0.29) is 18.4 Å². The van der Waals surface area contributed by atoms with Crippen molar-refractivity contribution in [1.29, 1.82) is 0 Å².